The number of hydrogen-bond acceptors (Lipinski definition) is 6. The lowest BCUT2D eigenvalue weighted by molar-refractivity contribution is -0.147. The number of carbonyl (C=O) groups is 1. The molecule has 3 aromatic rings. The second-order valence-corrected chi connectivity index (χ2v) is 5.62. The van der Waals surface area contributed by atoms with E-state index < -0.39 is 5.97 Å². The summed E-state index contributed by atoms with van der Waals surface area (Å²) in [6.45, 7) is 1.52. The summed E-state index contributed by atoms with van der Waals surface area (Å²) in [6, 6.07) is 12.0. The highest BCUT2D eigenvalue weighted by atomic mass is 16.6. The zero-order valence-corrected chi connectivity index (χ0v) is 14.5. The highest BCUT2D eigenvalue weighted by Gasteiger charge is 2.10. The summed E-state index contributed by atoms with van der Waals surface area (Å²) in [5.41, 5.74) is 1.60. The molecule has 7 nitrogen and oxygen atoms in total. The molecule has 0 fully saturated rings. The summed E-state index contributed by atoms with van der Waals surface area (Å²) in [5.74, 6) is 0.408. The Morgan fingerprint density at radius 2 is 1.92 bits per heavy atom. The smallest absolute Gasteiger partial charge is 0.344 e. The number of methoxy groups -OCH3 is 1. The van der Waals surface area contributed by atoms with Crippen molar-refractivity contribution in [2.24, 2.45) is 0 Å². The molecule has 0 unspecified atom stereocenters. The van der Waals surface area contributed by atoms with Gasteiger partial charge in [0.15, 0.2) is 18.1 Å². The second-order valence-electron chi connectivity index (χ2n) is 5.62. The van der Waals surface area contributed by atoms with Gasteiger partial charge in [-0.15, -0.1) is 0 Å². The zero-order valence-electron chi connectivity index (χ0n) is 14.5. The summed E-state index contributed by atoms with van der Waals surface area (Å²) in [6.07, 6.45) is 1.71. The minimum atomic E-state index is -0.568. The molecule has 3 rings (SSSR count). The highest BCUT2D eigenvalue weighted by molar-refractivity contribution is 5.71. The van der Waals surface area contributed by atoms with Crippen LogP contribution in [0.15, 0.2) is 53.5 Å². The van der Waals surface area contributed by atoms with E-state index in [-0.39, 0.29) is 18.8 Å². The van der Waals surface area contributed by atoms with Gasteiger partial charge in [-0.2, -0.15) is 0 Å². The van der Waals surface area contributed by atoms with Crippen molar-refractivity contribution in [2.75, 3.05) is 13.7 Å². The van der Waals surface area contributed by atoms with E-state index in [1.807, 2.05) is 13.0 Å². The molecule has 0 aliphatic heterocycles. The van der Waals surface area contributed by atoms with E-state index in [0.29, 0.717) is 22.8 Å². The van der Waals surface area contributed by atoms with Crippen LogP contribution in [0.2, 0.25) is 0 Å². The first-order chi connectivity index (χ1) is 12.6. The lowest BCUT2D eigenvalue weighted by atomic mass is 10.3. The third-order valence-corrected chi connectivity index (χ3v) is 3.66. The van der Waals surface area contributed by atoms with Gasteiger partial charge in [0.2, 0.25) is 0 Å². The van der Waals surface area contributed by atoms with Crippen LogP contribution in [0.25, 0.3) is 5.65 Å². The fourth-order valence-electron chi connectivity index (χ4n) is 2.40. The molecule has 7 heteroatoms. The van der Waals surface area contributed by atoms with Crippen LogP contribution in [0.3, 0.4) is 0 Å². The molecule has 0 saturated carbocycles. The van der Waals surface area contributed by atoms with E-state index in [9.17, 15) is 9.59 Å². The Hall–Kier alpha value is -3.35. The first-order valence-electron chi connectivity index (χ1n) is 7.97. The molecule has 1 aromatic carbocycles. The van der Waals surface area contributed by atoms with Crippen LogP contribution in [0, 0.1) is 6.92 Å². The maximum atomic E-state index is 12.1. The van der Waals surface area contributed by atoms with Crippen molar-refractivity contribution in [1.82, 2.24) is 9.38 Å². The quantitative estimate of drug-likeness (QED) is 0.631. The van der Waals surface area contributed by atoms with E-state index in [0.717, 1.165) is 5.56 Å². The van der Waals surface area contributed by atoms with Crippen molar-refractivity contribution in [3.05, 3.63) is 70.3 Å². The number of pyridine rings is 1. The Bertz CT molecular complexity index is 997. The number of benzene rings is 1. The number of hydrogen-bond donors (Lipinski definition) is 0. The molecule has 26 heavy (non-hydrogen) atoms. The van der Waals surface area contributed by atoms with E-state index in [2.05, 4.69) is 4.98 Å². The minimum Gasteiger partial charge on any atom is -0.493 e. The van der Waals surface area contributed by atoms with E-state index in [1.54, 1.807) is 36.5 Å². The Labute approximate surface area is 149 Å². The molecular formula is C19H18N2O5. The molecule has 0 radical (unpaired) electrons. The van der Waals surface area contributed by atoms with Gasteiger partial charge in [0, 0.05) is 12.3 Å². The predicted octanol–water partition coefficient (Wildman–Crippen LogP) is 2.13. The monoisotopic (exact) mass is 354 g/mol. The van der Waals surface area contributed by atoms with Crippen LogP contribution in [-0.4, -0.2) is 29.1 Å². The minimum absolute atomic E-state index is 0.103. The summed E-state index contributed by atoms with van der Waals surface area (Å²) in [4.78, 5) is 28.3. The first kappa shape index (κ1) is 17.5. The number of rotatable bonds is 6. The molecule has 0 N–H and O–H groups in total. The van der Waals surface area contributed by atoms with E-state index in [1.165, 1.54) is 17.6 Å². The SMILES string of the molecule is COc1ccccc1OCC(=O)OCc1cc(=O)n2cc(C)ccc2n1. The van der Waals surface area contributed by atoms with Gasteiger partial charge >= 0.3 is 5.97 Å². The maximum Gasteiger partial charge on any atom is 0.344 e. The molecule has 0 saturated heterocycles. The predicted molar refractivity (Wildman–Crippen MR) is 94.5 cm³/mol. The Morgan fingerprint density at radius 3 is 2.69 bits per heavy atom. The third-order valence-electron chi connectivity index (χ3n) is 3.66. The second kappa shape index (κ2) is 7.69. The first-order valence-corrected chi connectivity index (χ1v) is 7.97. The molecule has 134 valence electrons. The maximum absolute atomic E-state index is 12.1. The van der Waals surface area contributed by atoms with Gasteiger partial charge in [0.05, 0.1) is 12.8 Å². The van der Waals surface area contributed by atoms with Crippen molar-refractivity contribution < 1.29 is 19.0 Å². The van der Waals surface area contributed by atoms with Crippen LogP contribution in [0.5, 0.6) is 11.5 Å². The Kier molecular flexibility index (Phi) is 5.17. The van der Waals surface area contributed by atoms with Crippen molar-refractivity contribution in [1.29, 1.82) is 0 Å². The van der Waals surface area contributed by atoms with E-state index >= 15 is 0 Å². The highest BCUT2D eigenvalue weighted by Crippen LogP contribution is 2.25. The summed E-state index contributed by atoms with van der Waals surface area (Å²) in [5, 5.41) is 0. The molecular weight excluding hydrogens is 336 g/mol. The summed E-state index contributed by atoms with van der Waals surface area (Å²) in [7, 11) is 1.52. The van der Waals surface area contributed by atoms with Crippen LogP contribution >= 0.6 is 0 Å². The average molecular weight is 354 g/mol. The van der Waals surface area contributed by atoms with Gasteiger partial charge in [-0.1, -0.05) is 18.2 Å². The molecule has 0 aliphatic rings. The van der Waals surface area contributed by atoms with Crippen LogP contribution in [0.1, 0.15) is 11.3 Å². The molecule has 0 amide bonds. The summed E-state index contributed by atoms with van der Waals surface area (Å²) >= 11 is 0. The van der Waals surface area contributed by atoms with Crippen LogP contribution in [-0.2, 0) is 16.1 Å². The number of esters is 1. The standard InChI is InChI=1S/C19H18N2O5/c1-13-7-8-17-20-14(9-18(22)21(17)10-13)11-26-19(23)12-25-16-6-4-3-5-15(16)24-2/h3-10H,11-12H2,1-2H3. The fourth-order valence-corrected chi connectivity index (χ4v) is 2.40. The number of ether oxygens (including phenoxy) is 3. The number of nitrogens with zero attached hydrogens (tertiary/aromatic N) is 2. The van der Waals surface area contributed by atoms with Gasteiger partial charge < -0.3 is 14.2 Å². The number of aromatic nitrogens is 2. The lowest BCUT2D eigenvalue weighted by Gasteiger charge is -2.10. The van der Waals surface area contributed by atoms with Crippen molar-refractivity contribution in [3.8, 4) is 11.5 Å². The number of aryl methyl sites for hydroxylation is 1. The van der Waals surface area contributed by atoms with Crippen molar-refractivity contribution in [3.63, 3.8) is 0 Å². The largest absolute Gasteiger partial charge is 0.493 e. The molecule has 0 spiro atoms. The third kappa shape index (κ3) is 4.00. The lowest BCUT2D eigenvalue weighted by Crippen LogP contribution is -2.18. The zero-order chi connectivity index (χ0) is 18.5. The van der Waals surface area contributed by atoms with Crippen LogP contribution < -0.4 is 15.0 Å². The van der Waals surface area contributed by atoms with Crippen molar-refractivity contribution in [2.45, 2.75) is 13.5 Å². The average Bonchev–Trinajstić information content (AvgIpc) is 2.65. The molecule has 2 aromatic heterocycles. The number of carbonyl (C=O) groups excluding carboxylic acids is 1. The van der Waals surface area contributed by atoms with Gasteiger partial charge in [-0.3, -0.25) is 9.20 Å². The number of para-hydroxylation sites is 2. The Balaban J connectivity index is 1.62. The summed E-state index contributed by atoms with van der Waals surface area (Å²) < 4.78 is 17.1. The molecule has 0 bridgehead atoms. The molecule has 2 heterocycles. The van der Waals surface area contributed by atoms with E-state index in [4.69, 9.17) is 14.2 Å². The topological polar surface area (TPSA) is 79.1 Å². The fraction of sp³-hybridized carbons (Fsp3) is 0.211. The van der Waals surface area contributed by atoms with Gasteiger partial charge in [-0.05, 0) is 30.7 Å². The van der Waals surface area contributed by atoms with Gasteiger partial charge in [0.25, 0.3) is 5.56 Å². The number of fused-ring (bicyclic) bond motifs is 1. The van der Waals surface area contributed by atoms with Crippen LogP contribution in [0.4, 0.5) is 0 Å². The Morgan fingerprint density at radius 1 is 1.15 bits per heavy atom. The van der Waals surface area contributed by atoms with Gasteiger partial charge in [0.1, 0.15) is 12.3 Å². The molecule has 0 atom stereocenters. The normalized spacial score (nSPS) is 10.5. The molecule has 0 aliphatic carbocycles. The van der Waals surface area contributed by atoms with Crippen molar-refractivity contribution >= 4 is 11.6 Å². The van der Waals surface area contributed by atoms with Gasteiger partial charge in [-0.25, -0.2) is 9.78 Å².